The fraction of sp³-hybridized carbons (Fsp3) is 0.929. The molecule has 2 aliphatic heterocycles. The number of hydrogen-bond acceptors (Lipinski definition) is 2. The zero-order chi connectivity index (χ0) is 12.0. The van der Waals surface area contributed by atoms with Gasteiger partial charge in [-0.15, -0.1) is 0 Å². The summed E-state index contributed by atoms with van der Waals surface area (Å²) >= 11 is 0. The molecule has 0 aromatic rings. The number of amides is 1. The van der Waals surface area contributed by atoms with Crippen molar-refractivity contribution in [1.82, 2.24) is 4.90 Å². The third kappa shape index (κ3) is 1.99. The van der Waals surface area contributed by atoms with Gasteiger partial charge in [0, 0.05) is 25.0 Å². The van der Waals surface area contributed by atoms with E-state index < -0.39 is 0 Å². The minimum absolute atomic E-state index is 0.00526. The van der Waals surface area contributed by atoms with Gasteiger partial charge in [0.1, 0.15) is 0 Å². The molecule has 2 N–H and O–H groups in total. The fourth-order valence-corrected chi connectivity index (χ4v) is 4.44. The molecule has 3 unspecified atom stereocenters. The smallest absolute Gasteiger partial charge is 0.226 e. The SMILES string of the molecule is CC(CN)C(=O)N1CC2CC3CC(C2)CC1C3. The Morgan fingerprint density at radius 3 is 2.35 bits per heavy atom. The molecule has 3 atom stereocenters. The van der Waals surface area contributed by atoms with E-state index in [1.807, 2.05) is 6.92 Å². The van der Waals surface area contributed by atoms with Crippen LogP contribution in [0.15, 0.2) is 0 Å². The molecule has 96 valence electrons. The van der Waals surface area contributed by atoms with Crippen LogP contribution in [0.3, 0.4) is 0 Å². The molecule has 0 aromatic carbocycles. The van der Waals surface area contributed by atoms with Crippen molar-refractivity contribution < 1.29 is 4.79 Å². The lowest BCUT2D eigenvalue weighted by Gasteiger charge is -2.39. The lowest BCUT2D eigenvalue weighted by atomic mass is 9.68. The summed E-state index contributed by atoms with van der Waals surface area (Å²) in [5.74, 6) is 2.91. The van der Waals surface area contributed by atoms with Crippen LogP contribution >= 0.6 is 0 Å². The number of nitrogens with two attached hydrogens (primary N) is 1. The van der Waals surface area contributed by atoms with Crippen molar-refractivity contribution in [2.75, 3.05) is 13.1 Å². The Bertz CT molecular complexity index is 303. The molecule has 2 saturated carbocycles. The van der Waals surface area contributed by atoms with Gasteiger partial charge in [0.05, 0.1) is 0 Å². The minimum Gasteiger partial charge on any atom is -0.339 e. The first-order chi connectivity index (χ1) is 8.17. The Kier molecular flexibility index (Phi) is 2.89. The van der Waals surface area contributed by atoms with E-state index in [-0.39, 0.29) is 5.92 Å². The zero-order valence-electron chi connectivity index (χ0n) is 10.8. The van der Waals surface area contributed by atoms with Gasteiger partial charge in [0.2, 0.25) is 5.91 Å². The molecule has 2 heterocycles. The van der Waals surface area contributed by atoms with Gasteiger partial charge in [-0.1, -0.05) is 6.92 Å². The van der Waals surface area contributed by atoms with E-state index >= 15 is 0 Å². The van der Waals surface area contributed by atoms with Gasteiger partial charge >= 0.3 is 0 Å². The molecule has 2 saturated heterocycles. The van der Waals surface area contributed by atoms with Gasteiger partial charge in [-0.3, -0.25) is 4.79 Å². The van der Waals surface area contributed by atoms with Crippen molar-refractivity contribution >= 4 is 5.91 Å². The van der Waals surface area contributed by atoms with Gasteiger partial charge in [0.15, 0.2) is 0 Å². The number of carbonyl (C=O) groups excluding carboxylic acids is 1. The molecule has 0 spiro atoms. The van der Waals surface area contributed by atoms with E-state index in [1.54, 1.807) is 0 Å². The second-order valence-corrected chi connectivity index (χ2v) is 6.56. The Hall–Kier alpha value is -0.570. The molecule has 4 aliphatic rings. The average Bonchev–Trinajstić information content (AvgIpc) is 2.51. The van der Waals surface area contributed by atoms with Crippen LogP contribution in [0, 0.1) is 23.7 Å². The molecule has 4 rings (SSSR count). The molecule has 1 amide bonds. The summed E-state index contributed by atoms with van der Waals surface area (Å²) < 4.78 is 0. The van der Waals surface area contributed by atoms with Crippen LogP contribution in [-0.4, -0.2) is 29.9 Å². The van der Waals surface area contributed by atoms with Crippen LogP contribution < -0.4 is 5.73 Å². The Morgan fingerprint density at radius 1 is 1.18 bits per heavy atom. The van der Waals surface area contributed by atoms with E-state index in [0.717, 1.165) is 24.3 Å². The highest BCUT2D eigenvalue weighted by atomic mass is 16.2. The lowest BCUT2D eigenvalue weighted by Crippen LogP contribution is -2.45. The van der Waals surface area contributed by atoms with E-state index in [9.17, 15) is 4.79 Å². The van der Waals surface area contributed by atoms with Crippen LogP contribution in [0.1, 0.15) is 39.0 Å². The first-order valence-corrected chi connectivity index (χ1v) is 7.18. The summed E-state index contributed by atoms with van der Waals surface area (Å²) in [4.78, 5) is 14.6. The monoisotopic (exact) mass is 236 g/mol. The molecule has 4 fully saturated rings. The van der Waals surface area contributed by atoms with Crippen LogP contribution in [0.25, 0.3) is 0 Å². The van der Waals surface area contributed by atoms with E-state index in [2.05, 4.69) is 4.90 Å². The summed E-state index contributed by atoms with van der Waals surface area (Å²) in [5, 5.41) is 0. The normalized spacial score (nSPS) is 41.4. The Balaban J connectivity index is 1.80. The van der Waals surface area contributed by atoms with Crippen LogP contribution in [0.4, 0.5) is 0 Å². The van der Waals surface area contributed by atoms with Crippen molar-refractivity contribution in [3.8, 4) is 0 Å². The third-order valence-electron chi connectivity index (χ3n) is 5.16. The molecule has 0 aromatic heterocycles. The maximum absolute atomic E-state index is 12.4. The highest BCUT2D eigenvalue weighted by Crippen LogP contribution is 2.47. The minimum atomic E-state index is 0.00526. The summed E-state index contributed by atoms with van der Waals surface area (Å²) in [6, 6.07) is 0.535. The van der Waals surface area contributed by atoms with E-state index in [4.69, 9.17) is 5.73 Å². The Labute approximate surface area is 104 Å². The maximum Gasteiger partial charge on any atom is 0.226 e. The molecule has 2 aliphatic carbocycles. The molecule has 0 radical (unpaired) electrons. The van der Waals surface area contributed by atoms with Crippen molar-refractivity contribution in [1.29, 1.82) is 0 Å². The second-order valence-electron chi connectivity index (χ2n) is 6.56. The average molecular weight is 236 g/mol. The van der Waals surface area contributed by atoms with Crippen molar-refractivity contribution in [3.63, 3.8) is 0 Å². The van der Waals surface area contributed by atoms with Crippen molar-refractivity contribution in [2.24, 2.45) is 29.4 Å². The van der Waals surface area contributed by atoms with Gasteiger partial charge in [-0.2, -0.15) is 0 Å². The first-order valence-electron chi connectivity index (χ1n) is 7.18. The van der Waals surface area contributed by atoms with Crippen LogP contribution in [0.5, 0.6) is 0 Å². The number of hydrogen-bond donors (Lipinski definition) is 1. The van der Waals surface area contributed by atoms with Crippen molar-refractivity contribution in [2.45, 2.75) is 45.1 Å². The molecule has 3 heteroatoms. The molecule has 3 nitrogen and oxygen atoms in total. The van der Waals surface area contributed by atoms with Gasteiger partial charge in [-0.25, -0.2) is 0 Å². The second kappa shape index (κ2) is 4.27. The zero-order valence-corrected chi connectivity index (χ0v) is 10.8. The lowest BCUT2D eigenvalue weighted by molar-refractivity contribution is -0.137. The molecule has 17 heavy (non-hydrogen) atoms. The summed E-state index contributed by atoms with van der Waals surface area (Å²) in [6.45, 7) is 3.47. The van der Waals surface area contributed by atoms with E-state index in [1.165, 1.54) is 32.1 Å². The van der Waals surface area contributed by atoms with Gasteiger partial charge in [0.25, 0.3) is 0 Å². The predicted molar refractivity (Wildman–Crippen MR) is 67.3 cm³/mol. The molecular weight excluding hydrogens is 212 g/mol. The topological polar surface area (TPSA) is 46.3 Å². The number of nitrogens with zero attached hydrogens (tertiary/aromatic N) is 1. The number of carbonyl (C=O) groups is 1. The molecular formula is C14H24N2O. The predicted octanol–water partition coefficient (Wildman–Crippen LogP) is 1.62. The maximum atomic E-state index is 12.4. The third-order valence-corrected chi connectivity index (χ3v) is 5.16. The highest BCUT2D eigenvalue weighted by molar-refractivity contribution is 5.79. The summed E-state index contributed by atoms with van der Waals surface area (Å²) in [5.41, 5.74) is 5.64. The Morgan fingerprint density at radius 2 is 1.76 bits per heavy atom. The van der Waals surface area contributed by atoms with Crippen LogP contribution in [-0.2, 0) is 4.79 Å². The molecule has 4 bridgehead atoms. The summed E-state index contributed by atoms with van der Waals surface area (Å²) in [7, 11) is 0. The highest BCUT2D eigenvalue weighted by Gasteiger charge is 2.44. The number of fused-ring (bicyclic) bond motifs is 1. The quantitative estimate of drug-likeness (QED) is 0.792. The van der Waals surface area contributed by atoms with Gasteiger partial charge < -0.3 is 10.6 Å². The van der Waals surface area contributed by atoms with Crippen molar-refractivity contribution in [3.05, 3.63) is 0 Å². The standard InChI is InChI=1S/C14H24N2O/c1-9(7-15)14(17)16-8-12-3-10-2-11(4-12)6-13(16)5-10/h9-13H,2-8,15H2,1H3. The number of rotatable bonds is 2. The largest absolute Gasteiger partial charge is 0.339 e. The van der Waals surface area contributed by atoms with E-state index in [0.29, 0.717) is 18.5 Å². The van der Waals surface area contributed by atoms with Gasteiger partial charge in [-0.05, 0) is 49.9 Å². The first kappa shape index (κ1) is 11.5. The fourth-order valence-electron chi connectivity index (χ4n) is 4.44. The van der Waals surface area contributed by atoms with Crippen LogP contribution in [0.2, 0.25) is 0 Å². The summed E-state index contributed by atoms with van der Waals surface area (Å²) in [6.07, 6.45) is 6.69.